The molecular formula is C45H69NO14S. The van der Waals surface area contributed by atoms with E-state index < -0.39 is 99.9 Å². The molecule has 0 saturated carbocycles. The molecule has 1 aromatic rings. The minimum Gasteiger partial charge on any atom is -0.488 e. The number of carbonyl (C=O) groups excluding carboxylic acids is 2. The SMILES string of the molecule is CC[C@H]1O[C@@]1(C)[C@@H]1OC(=O)[C@H](C)[C@@H](OC2C[C@@](C)(OC)[C@@H](OS(=O)(=O)c3ccccc3)[C@H](C)O2)[C@H](C)[C@@H](OC2O[C@H](C)C[C@H](N(C)C)[C@H]2OC(C)=O)[C@@]2(C)CC(C)=C(O2)[C@@H]1C. The molecule has 4 fully saturated rings. The van der Waals surface area contributed by atoms with Crippen LogP contribution in [0.1, 0.15) is 102 Å². The van der Waals surface area contributed by atoms with Gasteiger partial charge in [0.2, 0.25) is 0 Å². The topological polar surface area (TPSA) is 167 Å². The van der Waals surface area contributed by atoms with Crippen molar-refractivity contribution in [3.63, 3.8) is 0 Å². The molecule has 1 aromatic carbocycles. The van der Waals surface area contributed by atoms with Gasteiger partial charge in [0.15, 0.2) is 18.7 Å². The van der Waals surface area contributed by atoms with Gasteiger partial charge in [-0.2, -0.15) is 8.42 Å². The lowest BCUT2D eigenvalue weighted by molar-refractivity contribution is -0.315. The molecule has 2 bridgehead atoms. The number of carbonyl (C=O) groups is 2. The van der Waals surface area contributed by atoms with Gasteiger partial charge in [-0.05, 0) is 93.1 Å². The predicted molar refractivity (Wildman–Crippen MR) is 222 cm³/mol. The zero-order chi connectivity index (χ0) is 45.0. The number of nitrogens with zero attached hydrogens (tertiary/aromatic N) is 1. The molecule has 0 aromatic heterocycles. The molecule has 0 N–H and O–H groups in total. The first-order valence-electron chi connectivity index (χ1n) is 21.7. The number of rotatable bonds is 12. The maximum atomic E-state index is 14.7. The van der Waals surface area contributed by atoms with Gasteiger partial charge in [0, 0.05) is 32.8 Å². The van der Waals surface area contributed by atoms with E-state index in [9.17, 15) is 18.0 Å². The van der Waals surface area contributed by atoms with Crippen LogP contribution in [0.15, 0.2) is 46.6 Å². The fraction of sp³-hybridized carbons (Fsp3) is 0.778. The third-order valence-electron chi connectivity index (χ3n) is 13.7. The van der Waals surface area contributed by atoms with Crippen molar-refractivity contribution >= 4 is 22.1 Å². The monoisotopic (exact) mass is 879 g/mol. The molecule has 5 aliphatic rings. The maximum Gasteiger partial charge on any atom is 0.311 e. The van der Waals surface area contributed by atoms with E-state index in [0.29, 0.717) is 18.6 Å². The molecular weight excluding hydrogens is 811 g/mol. The first kappa shape index (κ1) is 47.8. The largest absolute Gasteiger partial charge is 0.488 e. The highest BCUT2D eigenvalue weighted by atomic mass is 32.2. The number of ether oxygens (including phenoxy) is 9. The Bertz CT molecular complexity index is 1880. The van der Waals surface area contributed by atoms with Crippen molar-refractivity contribution in [3.05, 3.63) is 41.7 Å². The molecule has 15 nitrogen and oxygen atoms in total. The first-order chi connectivity index (χ1) is 28.5. The van der Waals surface area contributed by atoms with E-state index in [-0.39, 0.29) is 35.5 Å². The van der Waals surface area contributed by atoms with Crippen molar-refractivity contribution < 1.29 is 64.8 Å². The van der Waals surface area contributed by atoms with Crippen molar-refractivity contribution in [2.24, 2.45) is 17.8 Å². The number of likely N-dealkylation sites (N-methyl/N-ethyl adjacent to an activating group) is 1. The minimum absolute atomic E-state index is 0.00619. The summed E-state index contributed by atoms with van der Waals surface area (Å²) in [6.07, 6.45) is -5.61. The number of epoxide rings is 1. The van der Waals surface area contributed by atoms with E-state index in [1.54, 1.807) is 39.0 Å². The molecule has 16 heteroatoms. The first-order valence-corrected chi connectivity index (χ1v) is 23.1. The summed E-state index contributed by atoms with van der Waals surface area (Å²) in [6, 6.07) is 7.68. The van der Waals surface area contributed by atoms with E-state index in [2.05, 4.69) is 0 Å². The average Bonchev–Trinajstić information content (AvgIpc) is 3.77. The smallest absolute Gasteiger partial charge is 0.311 e. The van der Waals surface area contributed by atoms with Gasteiger partial charge in [0.05, 0.1) is 52.8 Å². The molecule has 61 heavy (non-hydrogen) atoms. The standard InChI is InChI=1S/C45H69NO14S/c1-15-33-45(11,58-33)39-26(4)35-24(2)22-44(10,59-35)38(57-42-37(54-30(8)47)32(46(12)13)21-25(3)52-42)27(5)36(28(6)41(48)56-39)55-34-23-43(9,51-14)40(29(7)53-34)60-61(49,50)31-19-17-16-18-20-31/h16-20,25-29,32-34,36-40,42H,15,21-23H2,1-14H3/t25-,26+,27+,28-,29+,32+,33-,34?,36+,37-,38-,39-,40+,42?,43-,44-,45-/m1/s1. The van der Waals surface area contributed by atoms with E-state index in [0.717, 1.165) is 12.0 Å². The van der Waals surface area contributed by atoms with Crippen LogP contribution in [0.4, 0.5) is 0 Å². The Morgan fingerprint density at radius 1 is 0.951 bits per heavy atom. The molecule has 6 rings (SSSR count). The van der Waals surface area contributed by atoms with Crippen molar-refractivity contribution in [3.8, 4) is 0 Å². The quantitative estimate of drug-likeness (QED) is 0.138. The molecule has 0 spiro atoms. The second-order valence-corrected chi connectivity index (χ2v) is 20.4. The maximum absolute atomic E-state index is 14.7. The number of cyclic esters (lactones) is 1. The third-order valence-corrected chi connectivity index (χ3v) is 15.0. The van der Waals surface area contributed by atoms with Crippen LogP contribution in [0.3, 0.4) is 0 Å². The van der Waals surface area contributed by atoms with E-state index >= 15 is 0 Å². The second-order valence-electron chi connectivity index (χ2n) is 18.8. The summed E-state index contributed by atoms with van der Waals surface area (Å²) in [7, 11) is 1.15. The van der Waals surface area contributed by atoms with Crippen molar-refractivity contribution in [1.82, 2.24) is 4.90 Å². The number of hydrogen-bond acceptors (Lipinski definition) is 15. The highest BCUT2D eigenvalue weighted by molar-refractivity contribution is 7.86. The number of hydrogen-bond donors (Lipinski definition) is 0. The van der Waals surface area contributed by atoms with Gasteiger partial charge >= 0.3 is 11.9 Å². The van der Waals surface area contributed by atoms with Crippen molar-refractivity contribution in [1.29, 1.82) is 0 Å². The summed E-state index contributed by atoms with van der Waals surface area (Å²) < 4.78 is 91.8. The highest BCUT2D eigenvalue weighted by Gasteiger charge is 2.63. The number of benzene rings is 1. The molecule has 0 amide bonds. The van der Waals surface area contributed by atoms with Crippen LogP contribution in [-0.2, 0) is 66.5 Å². The number of methoxy groups -OCH3 is 1. The van der Waals surface area contributed by atoms with Crippen molar-refractivity contribution in [2.45, 2.75) is 191 Å². The number of fused-ring (bicyclic) bond motifs is 2. The van der Waals surface area contributed by atoms with E-state index in [4.69, 9.17) is 46.8 Å². The van der Waals surface area contributed by atoms with Crippen LogP contribution in [0, 0.1) is 17.8 Å². The lowest BCUT2D eigenvalue weighted by Crippen LogP contribution is -2.61. The predicted octanol–water partition coefficient (Wildman–Crippen LogP) is 5.92. The summed E-state index contributed by atoms with van der Waals surface area (Å²) in [5.41, 5.74) is -1.99. The average molecular weight is 880 g/mol. The van der Waals surface area contributed by atoms with Gasteiger partial charge in [0.25, 0.3) is 10.1 Å². The van der Waals surface area contributed by atoms with Gasteiger partial charge in [-0.15, -0.1) is 0 Å². The fourth-order valence-electron chi connectivity index (χ4n) is 10.4. The second kappa shape index (κ2) is 18.1. The normalized spacial score (nSPS) is 43.3. The molecule has 2 unspecified atom stereocenters. The summed E-state index contributed by atoms with van der Waals surface area (Å²) in [5.74, 6) is -2.15. The number of esters is 2. The minimum atomic E-state index is -4.20. The third kappa shape index (κ3) is 9.58. The lowest BCUT2D eigenvalue weighted by Gasteiger charge is -2.49. The van der Waals surface area contributed by atoms with Crippen LogP contribution in [0.2, 0.25) is 0 Å². The molecule has 0 radical (unpaired) electrons. The molecule has 5 heterocycles. The molecule has 0 aliphatic carbocycles. The molecule has 5 aliphatic heterocycles. The Balaban J connectivity index is 1.39. The Morgan fingerprint density at radius 3 is 2.21 bits per heavy atom. The zero-order valence-electron chi connectivity index (χ0n) is 38.4. The Morgan fingerprint density at radius 2 is 1.62 bits per heavy atom. The Labute approximate surface area is 362 Å². The molecule has 4 saturated heterocycles. The van der Waals surface area contributed by atoms with Crippen LogP contribution in [0.5, 0.6) is 0 Å². The van der Waals surface area contributed by atoms with Crippen LogP contribution >= 0.6 is 0 Å². The van der Waals surface area contributed by atoms with E-state index in [1.165, 1.54) is 26.2 Å². The van der Waals surface area contributed by atoms with Gasteiger partial charge in [0.1, 0.15) is 35.3 Å². The van der Waals surface area contributed by atoms with Gasteiger partial charge in [-0.25, -0.2) is 0 Å². The zero-order valence-corrected chi connectivity index (χ0v) is 39.2. The fourth-order valence-corrected chi connectivity index (χ4v) is 11.6. The molecule has 344 valence electrons. The van der Waals surface area contributed by atoms with Gasteiger partial charge in [-0.1, -0.05) is 39.0 Å². The van der Waals surface area contributed by atoms with Crippen LogP contribution in [0.25, 0.3) is 0 Å². The summed E-state index contributed by atoms with van der Waals surface area (Å²) >= 11 is 0. The summed E-state index contributed by atoms with van der Waals surface area (Å²) in [6.45, 7) is 20.5. The summed E-state index contributed by atoms with van der Waals surface area (Å²) in [4.78, 5) is 29.3. The lowest BCUT2D eigenvalue weighted by atomic mass is 9.79. The summed E-state index contributed by atoms with van der Waals surface area (Å²) in [5, 5.41) is 0. The van der Waals surface area contributed by atoms with E-state index in [1.807, 2.05) is 67.5 Å². The van der Waals surface area contributed by atoms with Gasteiger partial charge in [-0.3, -0.25) is 13.8 Å². The van der Waals surface area contributed by atoms with Gasteiger partial charge < -0.3 is 47.5 Å². The highest BCUT2D eigenvalue weighted by Crippen LogP contribution is 2.52. The van der Waals surface area contributed by atoms with Crippen LogP contribution < -0.4 is 0 Å². The van der Waals surface area contributed by atoms with Crippen molar-refractivity contribution in [2.75, 3.05) is 21.2 Å². The molecule has 17 atom stereocenters. The Hall–Kier alpha value is -2.67. The Kier molecular flexibility index (Phi) is 14.2. The van der Waals surface area contributed by atoms with Crippen LogP contribution in [-0.4, -0.2) is 131 Å².